The first kappa shape index (κ1) is 13.3. The normalized spacial score (nSPS) is 11.0. The largest absolute Gasteiger partial charge is 0.380 e. The third-order valence-electron chi connectivity index (χ3n) is 3.23. The Morgan fingerprint density at radius 2 is 1.95 bits per heavy atom. The van der Waals surface area contributed by atoms with Crippen molar-refractivity contribution in [3.63, 3.8) is 0 Å². The van der Waals surface area contributed by atoms with Crippen molar-refractivity contribution in [1.82, 2.24) is 29.8 Å². The Labute approximate surface area is 124 Å². The van der Waals surface area contributed by atoms with Crippen LogP contribution in [0.3, 0.4) is 0 Å². The van der Waals surface area contributed by atoms with Gasteiger partial charge in [0.1, 0.15) is 6.07 Å². The quantitative estimate of drug-likeness (QED) is 0.724. The SMILES string of the molecule is Cc1nc2c(c(-n3nc(N)c(C#N)n3)nn2C)c(C)c1Cl. The molecule has 0 fully saturated rings. The molecular formula is C12H11ClN8. The molecule has 3 aromatic rings. The van der Waals surface area contributed by atoms with Crippen LogP contribution in [-0.4, -0.2) is 29.8 Å². The van der Waals surface area contributed by atoms with E-state index in [9.17, 15) is 0 Å². The first-order chi connectivity index (χ1) is 9.93. The maximum Gasteiger partial charge on any atom is 0.206 e. The van der Waals surface area contributed by atoms with Crippen molar-refractivity contribution in [2.24, 2.45) is 7.05 Å². The van der Waals surface area contributed by atoms with Crippen molar-refractivity contribution in [3.05, 3.63) is 22.0 Å². The molecule has 0 aliphatic rings. The summed E-state index contributed by atoms with van der Waals surface area (Å²) in [7, 11) is 1.77. The highest BCUT2D eigenvalue weighted by atomic mass is 35.5. The smallest absolute Gasteiger partial charge is 0.206 e. The van der Waals surface area contributed by atoms with Crippen LogP contribution in [0.5, 0.6) is 0 Å². The number of halogens is 1. The van der Waals surface area contributed by atoms with Gasteiger partial charge in [0, 0.05) is 7.05 Å². The molecule has 2 N–H and O–H groups in total. The second-order valence-corrected chi connectivity index (χ2v) is 5.00. The maximum atomic E-state index is 8.93. The standard InChI is InChI=1S/C12H11ClN8/c1-5-8-11(16-6(2)9(5)13)20(3)19-12(8)21-17-7(4-14)10(15)18-21/h1-3H3,(H2,15,18). The Hall–Kier alpha value is -2.66. The molecule has 8 nitrogen and oxygen atoms in total. The lowest BCUT2D eigenvalue weighted by Gasteiger charge is -2.04. The summed E-state index contributed by atoms with van der Waals surface area (Å²) in [5, 5.41) is 22.6. The van der Waals surface area contributed by atoms with E-state index in [2.05, 4.69) is 20.3 Å². The van der Waals surface area contributed by atoms with Crippen LogP contribution < -0.4 is 5.73 Å². The zero-order valence-electron chi connectivity index (χ0n) is 11.6. The number of rotatable bonds is 1. The average molecular weight is 303 g/mol. The number of hydrogen-bond donors (Lipinski definition) is 1. The molecule has 0 atom stereocenters. The second-order valence-electron chi connectivity index (χ2n) is 4.62. The molecule has 0 aromatic carbocycles. The van der Waals surface area contributed by atoms with Crippen molar-refractivity contribution in [1.29, 1.82) is 5.26 Å². The highest BCUT2D eigenvalue weighted by Crippen LogP contribution is 2.30. The summed E-state index contributed by atoms with van der Waals surface area (Å²) in [6, 6.07) is 1.88. The number of aryl methyl sites for hydroxylation is 3. The number of nitrogen functional groups attached to an aromatic ring is 1. The van der Waals surface area contributed by atoms with Gasteiger partial charge in [0.05, 0.1) is 16.1 Å². The fourth-order valence-electron chi connectivity index (χ4n) is 2.19. The van der Waals surface area contributed by atoms with Gasteiger partial charge in [0.2, 0.25) is 11.5 Å². The average Bonchev–Trinajstić information content (AvgIpc) is 2.97. The van der Waals surface area contributed by atoms with Crippen molar-refractivity contribution >= 4 is 28.5 Å². The Bertz CT molecular complexity index is 914. The summed E-state index contributed by atoms with van der Waals surface area (Å²) in [5.74, 6) is 0.493. The third-order valence-corrected chi connectivity index (χ3v) is 3.79. The van der Waals surface area contributed by atoms with E-state index in [-0.39, 0.29) is 11.5 Å². The van der Waals surface area contributed by atoms with Crippen molar-refractivity contribution in [3.8, 4) is 11.9 Å². The van der Waals surface area contributed by atoms with E-state index in [4.69, 9.17) is 22.6 Å². The van der Waals surface area contributed by atoms with Gasteiger partial charge < -0.3 is 5.73 Å². The van der Waals surface area contributed by atoms with Crippen LogP contribution in [0.25, 0.3) is 16.9 Å². The van der Waals surface area contributed by atoms with E-state index >= 15 is 0 Å². The predicted octanol–water partition coefficient (Wildman–Crippen LogP) is 1.27. The molecule has 0 spiro atoms. The number of aromatic nitrogens is 6. The molecule has 9 heteroatoms. The topological polar surface area (TPSA) is 111 Å². The van der Waals surface area contributed by atoms with Gasteiger partial charge in [-0.3, -0.25) is 0 Å². The fourth-order valence-corrected chi connectivity index (χ4v) is 2.32. The zero-order chi connectivity index (χ0) is 15.3. The summed E-state index contributed by atoms with van der Waals surface area (Å²) in [6.07, 6.45) is 0. The molecule has 0 bridgehead atoms. The maximum absolute atomic E-state index is 8.93. The molecule has 0 aliphatic carbocycles. The Kier molecular flexibility index (Phi) is 2.81. The molecule has 3 rings (SSSR count). The first-order valence-corrected chi connectivity index (χ1v) is 6.44. The highest BCUT2D eigenvalue weighted by Gasteiger charge is 2.20. The lowest BCUT2D eigenvalue weighted by Crippen LogP contribution is -2.02. The van der Waals surface area contributed by atoms with Gasteiger partial charge in [-0.05, 0) is 19.4 Å². The molecule has 0 unspecified atom stereocenters. The van der Waals surface area contributed by atoms with Gasteiger partial charge in [-0.25, -0.2) is 9.67 Å². The Morgan fingerprint density at radius 3 is 2.57 bits per heavy atom. The van der Waals surface area contributed by atoms with Gasteiger partial charge >= 0.3 is 0 Å². The Morgan fingerprint density at radius 1 is 1.24 bits per heavy atom. The van der Waals surface area contributed by atoms with E-state index in [1.807, 2.05) is 19.9 Å². The van der Waals surface area contributed by atoms with Gasteiger partial charge in [-0.2, -0.15) is 5.26 Å². The van der Waals surface area contributed by atoms with E-state index in [0.29, 0.717) is 16.5 Å². The minimum Gasteiger partial charge on any atom is -0.380 e. The van der Waals surface area contributed by atoms with Gasteiger partial charge in [-0.15, -0.1) is 20.1 Å². The summed E-state index contributed by atoms with van der Waals surface area (Å²) < 4.78 is 1.62. The van der Waals surface area contributed by atoms with E-state index in [1.54, 1.807) is 11.7 Å². The molecule has 21 heavy (non-hydrogen) atoms. The third kappa shape index (κ3) is 1.82. The number of hydrogen-bond acceptors (Lipinski definition) is 6. The van der Waals surface area contributed by atoms with Gasteiger partial charge in [-0.1, -0.05) is 11.6 Å². The second kappa shape index (κ2) is 4.43. The summed E-state index contributed by atoms with van der Waals surface area (Å²) >= 11 is 6.26. The number of nitriles is 1. The van der Waals surface area contributed by atoms with E-state index in [0.717, 1.165) is 16.6 Å². The van der Waals surface area contributed by atoms with Crippen molar-refractivity contribution in [2.75, 3.05) is 5.73 Å². The van der Waals surface area contributed by atoms with Crippen LogP contribution in [0.2, 0.25) is 5.02 Å². The molecule has 0 radical (unpaired) electrons. The van der Waals surface area contributed by atoms with Crippen LogP contribution in [-0.2, 0) is 7.05 Å². The van der Waals surface area contributed by atoms with Crippen molar-refractivity contribution < 1.29 is 0 Å². The van der Waals surface area contributed by atoms with Crippen LogP contribution in [0.1, 0.15) is 17.0 Å². The molecule has 0 saturated heterocycles. The lowest BCUT2D eigenvalue weighted by molar-refractivity contribution is 0.691. The summed E-state index contributed by atoms with van der Waals surface area (Å²) in [4.78, 5) is 5.67. The zero-order valence-corrected chi connectivity index (χ0v) is 12.3. The molecular weight excluding hydrogens is 292 g/mol. The van der Waals surface area contributed by atoms with E-state index < -0.39 is 0 Å². The van der Waals surface area contributed by atoms with Gasteiger partial charge in [0.25, 0.3) is 0 Å². The molecule has 0 amide bonds. The fraction of sp³-hybridized carbons (Fsp3) is 0.250. The van der Waals surface area contributed by atoms with Crippen molar-refractivity contribution in [2.45, 2.75) is 13.8 Å². The van der Waals surface area contributed by atoms with Crippen LogP contribution in [0.15, 0.2) is 0 Å². The van der Waals surface area contributed by atoms with Crippen LogP contribution in [0.4, 0.5) is 5.82 Å². The lowest BCUT2D eigenvalue weighted by atomic mass is 10.2. The molecule has 0 aliphatic heterocycles. The summed E-state index contributed by atoms with van der Waals surface area (Å²) in [5.41, 5.74) is 7.91. The number of nitrogens with zero attached hydrogens (tertiary/aromatic N) is 7. The first-order valence-electron chi connectivity index (χ1n) is 6.06. The minimum atomic E-state index is 0.0534. The highest BCUT2D eigenvalue weighted by molar-refractivity contribution is 6.32. The monoisotopic (exact) mass is 302 g/mol. The van der Waals surface area contributed by atoms with Gasteiger partial charge in [0.15, 0.2) is 11.5 Å². The molecule has 3 heterocycles. The molecule has 3 aromatic heterocycles. The Balaban J connectivity index is 2.38. The van der Waals surface area contributed by atoms with Crippen LogP contribution in [0, 0.1) is 25.2 Å². The summed E-state index contributed by atoms with van der Waals surface area (Å²) in [6.45, 7) is 3.71. The number of fused-ring (bicyclic) bond motifs is 1. The number of nitrogens with two attached hydrogens (primary N) is 1. The number of pyridine rings is 1. The van der Waals surface area contributed by atoms with Crippen LogP contribution >= 0.6 is 11.6 Å². The molecule has 0 saturated carbocycles. The predicted molar refractivity (Wildman–Crippen MR) is 77.0 cm³/mol. The number of anilines is 1. The minimum absolute atomic E-state index is 0.0534. The van der Waals surface area contributed by atoms with E-state index in [1.165, 1.54) is 4.80 Å². The molecule has 106 valence electrons.